The van der Waals surface area contributed by atoms with E-state index in [4.69, 9.17) is 4.52 Å². The monoisotopic (exact) mass is 313 g/mol. The second-order valence-electron chi connectivity index (χ2n) is 6.32. The van der Waals surface area contributed by atoms with Gasteiger partial charge in [-0.25, -0.2) is 4.79 Å². The van der Waals surface area contributed by atoms with E-state index in [0.29, 0.717) is 6.54 Å². The predicted octanol–water partition coefficient (Wildman–Crippen LogP) is 2.99. The molecule has 0 radical (unpaired) electrons. The first kappa shape index (κ1) is 15.6. The summed E-state index contributed by atoms with van der Waals surface area (Å²) in [7, 11) is 1.80. The second-order valence-corrected chi connectivity index (χ2v) is 6.32. The van der Waals surface area contributed by atoms with Crippen molar-refractivity contribution >= 4 is 6.03 Å². The molecule has 1 aromatic heterocycles. The molecule has 0 fully saturated rings. The Morgan fingerprint density at radius 3 is 2.78 bits per heavy atom. The highest BCUT2D eigenvalue weighted by atomic mass is 16.5. The number of fused-ring (bicyclic) bond motifs is 1. The van der Waals surface area contributed by atoms with Gasteiger partial charge in [0.15, 0.2) is 0 Å². The lowest BCUT2D eigenvalue weighted by atomic mass is 9.88. The van der Waals surface area contributed by atoms with E-state index in [2.05, 4.69) is 34.7 Å². The lowest BCUT2D eigenvalue weighted by molar-refractivity contribution is 0.201. The van der Waals surface area contributed by atoms with E-state index in [1.54, 1.807) is 11.9 Å². The molecule has 1 aliphatic carbocycles. The van der Waals surface area contributed by atoms with E-state index < -0.39 is 0 Å². The number of urea groups is 1. The number of aryl methyl sites for hydroxylation is 3. The Bertz CT molecular complexity index is 689. The number of aromatic nitrogens is 1. The number of amides is 2. The zero-order valence-electron chi connectivity index (χ0n) is 13.9. The van der Waals surface area contributed by atoms with Gasteiger partial charge in [-0.1, -0.05) is 29.4 Å². The average molecular weight is 313 g/mol. The molecule has 2 aromatic rings. The molecule has 1 heterocycles. The van der Waals surface area contributed by atoms with Crippen LogP contribution in [0.15, 0.2) is 28.8 Å². The van der Waals surface area contributed by atoms with E-state index >= 15 is 0 Å². The van der Waals surface area contributed by atoms with Gasteiger partial charge in [-0.3, -0.25) is 0 Å². The van der Waals surface area contributed by atoms with Gasteiger partial charge in [-0.15, -0.1) is 0 Å². The predicted molar refractivity (Wildman–Crippen MR) is 88.2 cm³/mol. The highest BCUT2D eigenvalue weighted by Crippen LogP contribution is 2.21. The van der Waals surface area contributed by atoms with Gasteiger partial charge >= 0.3 is 6.03 Å². The molecule has 1 aromatic carbocycles. The summed E-state index contributed by atoms with van der Waals surface area (Å²) < 4.78 is 5.16. The SMILES string of the molecule is Cc1noc(C)c1CN(C)C(=O)N[C@H]1CCc2ccccc2C1. The fourth-order valence-electron chi connectivity index (χ4n) is 3.14. The normalized spacial score (nSPS) is 16.7. The quantitative estimate of drug-likeness (QED) is 0.947. The van der Waals surface area contributed by atoms with Crippen LogP contribution < -0.4 is 5.32 Å². The van der Waals surface area contributed by atoms with Gasteiger partial charge in [0, 0.05) is 18.7 Å². The largest absolute Gasteiger partial charge is 0.361 e. The number of nitrogens with zero attached hydrogens (tertiary/aromatic N) is 2. The van der Waals surface area contributed by atoms with Crippen LogP contribution in [-0.4, -0.2) is 29.2 Å². The fraction of sp³-hybridized carbons (Fsp3) is 0.444. The van der Waals surface area contributed by atoms with Crippen molar-refractivity contribution in [3.63, 3.8) is 0 Å². The highest BCUT2D eigenvalue weighted by molar-refractivity contribution is 5.74. The fourth-order valence-corrected chi connectivity index (χ4v) is 3.14. The molecule has 3 rings (SSSR count). The summed E-state index contributed by atoms with van der Waals surface area (Å²) in [5, 5.41) is 7.08. The minimum absolute atomic E-state index is 0.0469. The molecule has 0 saturated heterocycles. The Morgan fingerprint density at radius 2 is 2.09 bits per heavy atom. The second kappa shape index (κ2) is 6.44. The highest BCUT2D eigenvalue weighted by Gasteiger charge is 2.22. The van der Waals surface area contributed by atoms with Gasteiger partial charge in [-0.05, 0) is 44.2 Å². The number of benzene rings is 1. The minimum Gasteiger partial charge on any atom is -0.361 e. The van der Waals surface area contributed by atoms with Crippen LogP contribution in [0.2, 0.25) is 0 Å². The van der Waals surface area contributed by atoms with Crippen molar-refractivity contribution in [1.82, 2.24) is 15.4 Å². The number of rotatable bonds is 3. The Morgan fingerprint density at radius 1 is 1.35 bits per heavy atom. The Kier molecular flexibility index (Phi) is 4.37. The van der Waals surface area contributed by atoms with Crippen LogP contribution in [0.1, 0.15) is 34.6 Å². The summed E-state index contributed by atoms with van der Waals surface area (Å²) in [6, 6.07) is 8.62. The van der Waals surface area contributed by atoms with Crippen molar-refractivity contribution in [1.29, 1.82) is 0 Å². The van der Waals surface area contributed by atoms with Crippen LogP contribution in [0.5, 0.6) is 0 Å². The number of hydrogen-bond acceptors (Lipinski definition) is 3. The third-order valence-corrected chi connectivity index (χ3v) is 4.60. The number of hydrogen-bond donors (Lipinski definition) is 1. The lowest BCUT2D eigenvalue weighted by Crippen LogP contribution is -2.45. The molecular weight excluding hydrogens is 290 g/mol. The van der Waals surface area contributed by atoms with Crippen LogP contribution >= 0.6 is 0 Å². The molecule has 1 atom stereocenters. The van der Waals surface area contributed by atoms with Gasteiger partial charge < -0.3 is 14.7 Å². The zero-order valence-corrected chi connectivity index (χ0v) is 13.9. The Hall–Kier alpha value is -2.30. The third kappa shape index (κ3) is 3.38. The number of carbonyl (C=O) groups is 1. The number of carbonyl (C=O) groups excluding carboxylic acids is 1. The molecule has 0 spiro atoms. The maximum absolute atomic E-state index is 12.4. The van der Waals surface area contributed by atoms with Crippen LogP contribution in [0, 0.1) is 13.8 Å². The van der Waals surface area contributed by atoms with Gasteiger partial charge in [-0.2, -0.15) is 0 Å². The lowest BCUT2D eigenvalue weighted by Gasteiger charge is -2.27. The van der Waals surface area contributed by atoms with Crippen LogP contribution in [0.3, 0.4) is 0 Å². The summed E-state index contributed by atoms with van der Waals surface area (Å²) >= 11 is 0. The molecule has 122 valence electrons. The minimum atomic E-state index is -0.0469. The van der Waals surface area contributed by atoms with Gasteiger partial charge in [0.25, 0.3) is 0 Å². The van der Waals surface area contributed by atoms with Gasteiger partial charge in [0.05, 0.1) is 12.2 Å². The summed E-state index contributed by atoms with van der Waals surface area (Å²) in [4.78, 5) is 14.1. The van der Waals surface area contributed by atoms with Gasteiger partial charge in [0.1, 0.15) is 5.76 Å². The zero-order chi connectivity index (χ0) is 16.4. The molecule has 0 aliphatic heterocycles. The molecule has 0 saturated carbocycles. The van der Waals surface area contributed by atoms with Crippen molar-refractivity contribution in [2.75, 3.05) is 7.05 Å². The summed E-state index contributed by atoms with van der Waals surface area (Å²) in [6.07, 6.45) is 2.91. The maximum Gasteiger partial charge on any atom is 0.317 e. The molecule has 23 heavy (non-hydrogen) atoms. The maximum atomic E-state index is 12.4. The molecule has 1 N–H and O–H groups in total. The van der Waals surface area contributed by atoms with E-state index in [1.807, 2.05) is 13.8 Å². The first-order valence-electron chi connectivity index (χ1n) is 8.04. The standard InChI is InChI=1S/C18H23N3O2/c1-12-17(13(2)23-20-12)11-21(3)18(22)19-16-9-8-14-6-4-5-7-15(14)10-16/h4-7,16H,8-11H2,1-3H3,(H,19,22)/t16-/m0/s1. The van der Waals surface area contributed by atoms with Gasteiger partial charge in [0.2, 0.25) is 0 Å². The van der Waals surface area contributed by atoms with Crippen molar-refractivity contribution in [2.24, 2.45) is 0 Å². The summed E-state index contributed by atoms with van der Waals surface area (Å²) in [6.45, 7) is 4.28. The van der Waals surface area contributed by atoms with E-state index in [0.717, 1.165) is 36.3 Å². The van der Waals surface area contributed by atoms with Crippen LogP contribution in [0.4, 0.5) is 4.79 Å². The van der Waals surface area contributed by atoms with E-state index in [1.165, 1.54) is 11.1 Å². The Labute approximate surface area is 136 Å². The third-order valence-electron chi connectivity index (χ3n) is 4.60. The molecule has 2 amide bonds. The van der Waals surface area contributed by atoms with E-state index in [-0.39, 0.29) is 12.1 Å². The van der Waals surface area contributed by atoms with Crippen molar-refractivity contribution in [3.8, 4) is 0 Å². The molecule has 5 nitrogen and oxygen atoms in total. The van der Waals surface area contributed by atoms with Crippen LogP contribution in [0.25, 0.3) is 0 Å². The Balaban J connectivity index is 1.59. The summed E-state index contributed by atoms with van der Waals surface area (Å²) in [5.74, 6) is 0.772. The molecule has 0 unspecified atom stereocenters. The van der Waals surface area contributed by atoms with Crippen LogP contribution in [-0.2, 0) is 19.4 Å². The summed E-state index contributed by atoms with van der Waals surface area (Å²) in [5.41, 5.74) is 4.57. The molecule has 5 heteroatoms. The molecular formula is C18H23N3O2. The molecule has 0 bridgehead atoms. The first-order chi connectivity index (χ1) is 11.0. The van der Waals surface area contributed by atoms with Crippen molar-refractivity contribution < 1.29 is 9.32 Å². The number of nitrogens with one attached hydrogen (secondary N) is 1. The first-order valence-corrected chi connectivity index (χ1v) is 8.04. The van der Waals surface area contributed by atoms with Crippen molar-refractivity contribution in [2.45, 2.75) is 45.7 Å². The molecule has 1 aliphatic rings. The topological polar surface area (TPSA) is 58.4 Å². The smallest absolute Gasteiger partial charge is 0.317 e. The van der Waals surface area contributed by atoms with E-state index in [9.17, 15) is 4.79 Å². The van der Waals surface area contributed by atoms with Crippen molar-refractivity contribution in [3.05, 3.63) is 52.4 Å². The average Bonchev–Trinajstić information content (AvgIpc) is 2.86.